The fraction of sp³-hybridized carbons (Fsp3) is 0.278. The molecule has 0 saturated carbocycles. The molecule has 28 heavy (non-hydrogen) atoms. The van der Waals surface area contributed by atoms with Crippen molar-refractivity contribution < 1.29 is 26.7 Å². The van der Waals surface area contributed by atoms with Crippen LogP contribution in [0.25, 0.3) is 0 Å². The Labute approximate surface area is 164 Å². The van der Waals surface area contributed by atoms with Gasteiger partial charge in [0, 0.05) is 13.1 Å². The third-order valence-corrected chi connectivity index (χ3v) is 7.64. The molecule has 10 heteroatoms. The number of carbonyl (C=O) groups is 1. The highest BCUT2D eigenvalue weighted by molar-refractivity contribution is 7.92. The highest BCUT2D eigenvalue weighted by Crippen LogP contribution is 2.23. The third kappa shape index (κ3) is 4.51. The number of anilines is 1. The van der Waals surface area contributed by atoms with Crippen molar-refractivity contribution in [2.75, 3.05) is 17.8 Å². The molecule has 0 fully saturated rings. The molecule has 0 heterocycles. The van der Waals surface area contributed by atoms with E-state index in [0.717, 1.165) is 0 Å². The van der Waals surface area contributed by atoms with E-state index in [1.54, 1.807) is 20.8 Å². The van der Waals surface area contributed by atoms with E-state index in [1.807, 2.05) is 0 Å². The third-order valence-electron chi connectivity index (χ3n) is 4.19. The van der Waals surface area contributed by atoms with Crippen LogP contribution in [-0.2, 0) is 20.0 Å². The molecule has 0 atom stereocenters. The zero-order valence-corrected chi connectivity index (χ0v) is 17.3. The zero-order chi connectivity index (χ0) is 21.1. The fourth-order valence-electron chi connectivity index (χ4n) is 2.62. The molecule has 0 radical (unpaired) electrons. The van der Waals surface area contributed by atoms with Crippen LogP contribution in [0.3, 0.4) is 0 Å². The van der Waals surface area contributed by atoms with Crippen LogP contribution in [0.1, 0.15) is 29.8 Å². The SMILES string of the molecule is CCN(CC)S(=O)(=O)c1ccc(S(=O)(=O)Nc2ccc(C(=O)O)cc2C)cc1. The molecule has 2 rings (SSSR count). The standard InChI is InChI=1S/C18H22N2O6S2/c1-4-20(5-2)28(25,26)16-9-7-15(8-10-16)27(23,24)19-17-11-6-14(18(21)22)12-13(17)3/h6-12,19H,4-5H2,1-3H3,(H,21,22). The Balaban J connectivity index is 2.31. The quantitative estimate of drug-likeness (QED) is 0.669. The van der Waals surface area contributed by atoms with E-state index < -0.39 is 26.0 Å². The van der Waals surface area contributed by atoms with Crippen LogP contribution in [0.15, 0.2) is 52.3 Å². The van der Waals surface area contributed by atoms with E-state index in [0.29, 0.717) is 18.7 Å². The number of carboxylic acid groups (broad SMARTS) is 1. The van der Waals surface area contributed by atoms with Gasteiger partial charge in [0.25, 0.3) is 10.0 Å². The topological polar surface area (TPSA) is 121 Å². The molecule has 2 aromatic carbocycles. The molecular weight excluding hydrogens is 404 g/mol. The van der Waals surface area contributed by atoms with Gasteiger partial charge in [-0.15, -0.1) is 0 Å². The van der Waals surface area contributed by atoms with Crippen LogP contribution in [0.4, 0.5) is 5.69 Å². The highest BCUT2D eigenvalue weighted by Gasteiger charge is 2.23. The van der Waals surface area contributed by atoms with Crippen molar-refractivity contribution in [2.24, 2.45) is 0 Å². The second-order valence-corrected chi connectivity index (χ2v) is 9.62. The Morgan fingerprint density at radius 2 is 1.50 bits per heavy atom. The smallest absolute Gasteiger partial charge is 0.335 e. The van der Waals surface area contributed by atoms with Crippen molar-refractivity contribution >= 4 is 31.7 Å². The van der Waals surface area contributed by atoms with Gasteiger partial charge in [-0.25, -0.2) is 21.6 Å². The van der Waals surface area contributed by atoms with Crippen LogP contribution < -0.4 is 4.72 Å². The van der Waals surface area contributed by atoms with Gasteiger partial charge in [-0.05, 0) is 55.0 Å². The summed E-state index contributed by atoms with van der Waals surface area (Å²) in [5, 5.41) is 8.99. The molecule has 2 aromatic rings. The van der Waals surface area contributed by atoms with E-state index in [2.05, 4.69) is 4.72 Å². The van der Waals surface area contributed by atoms with E-state index in [1.165, 1.54) is 46.8 Å². The summed E-state index contributed by atoms with van der Waals surface area (Å²) in [4.78, 5) is 10.9. The predicted molar refractivity (Wildman–Crippen MR) is 105 cm³/mol. The number of hydrogen-bond acceptors (Lipinski definition) is 5. The van der Waals surface area contributed by atoms with Crippen LogP contribution in [0, 0.1) is 6.92 Å². The molecule has 0 unspecified atom stereocenters. The molecule has 0 aliphatic carbocycles. The van der Waals surface area contributed by atoms with Gasteiger partial charge in [-0.3, -0.25) is 4.72 Å². The van der Waals surface area contributed by atoms with Gasteiger partial charge >= 0.3 is 5.97 Å². The van der Waals surface area contributed by atoms with E-state index in [-0.39, 0.29) is 21.0 Å². The lowest BCUT2D eigenvalue weighted by Gasteiger charge is -2.18. The molecule has 2 N–H and O–H groups in total. The number of sulfonamides is 2. The van der Waals surface area contributed by atoms with Crippen molar-refractivity contribution in [2.45, 2.75) is 30.6 Å². The molecular formula is C18H22N2O6S2. The molecule has 0 saturated heterocycles. The Morgan fingerprint density at radius 1 is 0.964 bits per heavy atom. The summed E-state index contributed by atoms with van der Waals surface area (Å²) in [5.41, 5.74) is 0.737. The zero-order valence-electron chi connectivity index (χ0n) is 15.7. The maximum absolute atomic E-state index is 12.6. The van der Waals surface area contributed by atoms with Gasteiger partial charge in [0.15, 0.2) is 0 Å². The summed E-state index contributed by atoms with van der Waals surface area (Å²) < 4.78 is 53.8. The minimum absolute atomic E-state index is 0.0112. The second kappa shape index (κ2) is 8.29. The Bertz CT molecular complexity index is 1070. The summed E-state index contributed by atoms with van der Waals surface area (Å²) >= 11 is 0. The molecule has 0 spiro atoms. The van der Waals surface area contributed by atoms with Gasteiger partial charge in [-0.1, -0.05) is 13.8 Å². The minimum Gasteiger partial charge on any atom is -0.478 e. The maximum Gasteiger partial charge on any atom is 0.335 e. The largest absolute Gasteiger partial charge is 0.478 e. The number of nitrogens with one attached hydrogen (secondary N) is 1. The summed E-state index contributed by atoms with van der Waals surface area (Å²) in [5.74, 6) is -1.11. The van der Waals surface area contributed by atoms with E-state index >= 15 is 0 Å². The summed E-state index contributed by atoms with van der Waals surface area (Å²) in [6.07, 6.45) is 0. The van der Waals surface area contributed by atoms with E-state index in [4.69, 9.17) is 5.11 Å². The number of hydrogen-bond donors (Lipinski definition) is 2. The van der Waals surface area contributed by atoms with Crippen molar-refractivity contribution in [3.63, 3.8) is 0 Å². The maximum atomic E-state index is 12.6. The van der Waals surface area contributed by atoms with Gasteiger partial charge < -0.3 is 5.11 Å². The summed E-state index contributed by atoms with van der Waals surface area (Å²) in [6, 6.07) is 8.98. The lowest BCUT2D eigenvalue weighted by molar-refractivity contribution is 0.0696. The van der Waals surface area contributed by atoms with Crippen molar-refractivity contribution in [1.29, 1.82) is 0 Å². The molecule has 8 nitrogen and oxygen atoms in total. The molecule has 0 aromatic heterocycles. The van der Waals surface area contributed by atoms with Gasteiger partial charge in [0.2, 0.25) is 10.0 Å². The molecule has 0 bridgehead atoms. The Morgan fingerprint density at radius 3 is 1.96 bits per heavy atom. The number of aromatic carboxylic acids is 1. The minimum atomic E-state index is -3.97. The second-order valence-electron chi connectivity index (χ2n) is 6.00. The first-order valence-corrected chi connectivity index (χ1v) is 11.4. The Hall–Kier alpha value is -2.43. The Kier molecular flexibility index (Phi) is 6.48. The average molecular weight is 427 g/mol. The first-order valence-electron chi connectivity index (χ1n) is 8.50. The first-order chi connectivity index (χ1) is 13.0. The van der Waals surface area contributed by atoms with Crippen molar-refractivity contribution in [1.82, 2.24) is 4.31 Å². The predicted octanol–water partition coefficient (Wildman–Crippen LogP) is 2.52. The van der Waals surface area contributed by atoms with Gasteiger partial charge in [-0.2, -0.15) is 4.31 Å². The fourth-order valence-corrected chi connectivity index (χ4v) is 5.21. The monoisotopic (exact) mass is 426 g/mol. The van der Waals surface area contributed by atoms with Crippen LogP contribution >= 0.6 is 0 Å². The normalized spacial score (nSPS) is 12.1. The van der Waals surface area contributed by atoms with Gasteiger partial charge in [0.05, 0.1) is 21.0 Å². The van der Waals surface area contributed by atoms with Crippen LogP contribution in [0.2, 0.25) is 0 Å². The molecule has 0 aliphatic heterocycles. The lowest BCUT2D eigenvalue weighted by Crippen LogP contribution is -2.30. The first kappa shape index (κ1) is 21.9. The summed E-state index contributed by atoms with van der Waals surface area (Å²) in [7, 11) is -7.65. The van der Waals surface area contributed by atoms with Crippen LogP contribution in [-0.4, -0.2) is 45.3 Å². The molecule has 152 valence electrons. The highest BCUT2D eigenvalue weighted by atomic mass is 32.2. The van der Waals surface area contributed by atoms with Crippen molar-refractivity contribution in [3.8, 4) is 0 Å². The van der Waals surface area contributed by atoms with E-state index in [9.17, 15) is 21.6 Å². The summed E-state index contributed by atoms with van der Waals surface area (Å²) in [6.45, 7) is 5.66. The molecule has 0 amide bonds. The van der Waals surface area contributed by atoms with Gasteiger partial charge in [0.1, 0.15) is 0 Å². The van der Waals surface area contributed by atoms with Crippen LogP contribution in [0.5, 0.6) is 0 Å². The number of aryl methyl sites for hydroxylation is 1. The number of nitrogens with zero attached hydrogens (tertiary/aromatic N) is 1. The number of carboxylic acids is 1. The number of benzene rings is 2. The number of rotatable bonds is 8. The lowest BCUT2D eigenvalue weighted by atomic mass is 10.1. The average Bonchev–Trinajstić information content (AvgIpc) is 2.64. The molecule has 0 aliphatic rings. The van der Waals surface area contributed by atoms with Crippen molar-refractivity contribution in [3.05, 3.63) is 53.6 Å².